The number of hydrogen-bond acceptors (Lipinski definition) is 5. The van der Waals surface area contributed by atoms with Gasteiger partial charge >= 0.3 is 0 Å². The SMILES string of the molecule is Cc1cc(N2CCN(C=O)CC2)nc(N2CCc3ccccc32)n1. The summed E-state index contributed by atoms with van der Waals surface area (Å²) in [5.74, 6) is 1.72. The first-order valence-corrected chi connectivity index (χ1v) is 8.40. The van der Waals surface area contributed by atoms with Gasteiger partial charge in [0.1, 0.15) is 5.82 Å². The molecule has 2 aliphatic heterocycles. The molecule has 1 aromatic heterocycles. The van der Waals surface area contributed by atoms with Crippen molar-refractivity contribution in [1.29, 1.82) is 0 Å². The Labute approximate surface area is 141 Å². The zero-order chi connectivity index (χ0) is 16.5. The maximum Gasteiger partial charge on any atom is 0.232 e. The summed E-state index contributed by atoms with van der Waals surface area (Å²) < 4.78 is 0. The van der Waals surface area contributed by atoms with Gasteiger partial charge in [-0.1, -0.05) is 18.2 Å². The fraction of sp³-hybridized carbons (Fsp3) is 0.389. The molecule has 2 aromatic rings. The molecule has 0 atom stereocenters. The maximum atomic E-state index is 10.9. The molecule has 0 N–H and O–H groups in total. The summed E-state index contributed by atoms with van der Waals surface area (Å²) in [6, 6.07) is 10.5. The van der Waals surface area contributed by atoms with E-state index in [0.717, 1.165) is 63.0 Å². The summed E-state index contributed by atoms with van der Waals surface area (Å²) in [7, 11) is 0. The van der Waals surface area contributed by atoms with E-state index in [0.29, 0.717) is 0 Å². The zero-order valence-electron chi connectivity index (χ0n) is 13.9. The lowest BCUT2D eigenvalue weighted by Crippen LogP contribution is -2.46. The topological polar surface area (TPSA) is 52.6 Å². The minimum absolute atomic E-state index is 0.744. The van der Waals surface area contributed by atoms with Crippen LogP contribution in [0, 0.1) is 6.92 Å². The van der Waals surface area contributed by atoms with Crippen molar-refractivity contribution >= 4 is 23.9 Å². The van der Waals surface area contributed by atoms with Crippen LogP contribution in [0.25, 0.3) is 0 Å². The fourth-order valence-electron chi connectivity index (χ4n) is 3.42. The van der Waals surface area contributed by atoms with Crippen molar-refractivity contribution < 1.29 is 4.79 Å². The van der Waals surface area contributed by atoms with Crippen LogP contribution >= 0.6 is 0 Å². The lowest BCUT2D eigenvalue weighted by Gasteiger charge is -2.33. The number of carbonyl (C=O) groups excluding carboxylic acids is 1. The van der Waals surface area contributed by atoms with Gasteiger partial charge in [0.15, 0.2) is 0 Å². The first kappa shape index (κ1) is 14.9. The molecule has 4 rings (SSSR count). The van der Waals surface area contributed by atoms with Gasteiger partial charge in [-0.05, 0) is 25.0 Å². The van der Waals surface area contributed by atoms with Gasteiger partial charge in [-0.3, -0.25) is 4.79 Å². The second-order valence-electron chi connectivity index (χ2n) is 6.33. The molecule has 1 amide bonds. The molecule has 0 aliphatic carbocycles. The van der Waals surface area contributed by atoms with Crippen LogP contribution in [-0.4, -0.2) is 54.0 Å². The molecule has 124 valence electrons. The Morgan fingerprint density at radius 2 is 1.83 bits per heavy atom. The number of amides is 1. The molecule has 6 nitrogen and oxygen atoms in total. The van der Waals surface area contributed by atoms with Crippen molar-refractivity contribution in [1.82, 2.24) is 14.9 Å². The Morgan fingerprint density at radius 3 is 2.62 bits per heavy atom. The van der Waals surface area contributed by atoms with Gasteiger partial charge in [0, 0.05) is 50.2 Å². The highest BCUT2D eigenvalue weighted by atomic mass is 16.1. The third kappa shape index (κ3) is 2.68. The Morgan fingerprint density at radius 1 is 1.04 bits per heavy atom. The molecule has 2 aliphatic rings. The van der Waals surface area contributed by atoms with Gasteiger partial charge in [-0.25, -0.2) is 4.98 Å². The molecular formula is C18H21N5O. The fourth-order valence-corrected chi connectivity index (χ4v) is 3.42. The predicted octanol–water partition coefficient (Wildman–Crippen LogP) is 1.76. The van der Waals surface area contributed by atoms with Crippen LogP contribution in [0.15, 0.2) is 30.3 Å². The van der Waals surface area contributed by atoms with Gasteiger partial charge in [0.25, 0.3) is 0 Å². The average molecular weight is 323 g/mol. The number of piperazine rings is 1. The van der Waals surface area contributed by atoms with E-state index in [2.05, 4.69) is 39.0 Å². The molecule has 0 spiro atoms. The largest absolute Gasteiger partial charge is 0.353 e. The minimum atomic E-state index is 0.744. The first-order valence-electron chi connectivity index (χ1n) is 8.40. The molecule has 1 saturated heterocycles. The summed E-state index contributed by atoms with van der Waals surface area (Å²) in [5, 5.41) is 0. The Balaban J connectivity index is 1.62. The van der Waals surface area contributed by atoms with Gasteiger partial charge in [0.05, 0.1) is 0 Å². The lowest BCUT2D eigenvalue weighted by molar-refractivity contribution is -0.118. The normalized spacial score (nSPS) is 17.1. The van der Waals surface area contributed by atoms with Crippen LogP contribution in [0.3, 0.4) is 0 Å². The highest BCUT2D eigenvalue weighted by Crippen LogP contribution is 2.33. The maximum absolute atomic E-state index is 10.9. The monoisotopic (exact) mass is 323 g/mol. The lowest BCUT2D eigenvalue weighted by atomic mass is 10.2. The summed E-state index contributed by atoms with van der Waals surface area (Å²) in [6.45, 7) is 6.04. The van der Waals surface area contributed by atoms with Crippen molar-refractivity contribution in [3.05, 3.63) is 41.6 Å². The number of carbonyl (C=O) groups is 1. The Bertz CT molecular complexity index is 755. The van der Waals surface area contributed by atoms with Crippen LogP contribution in [0.4, 0.5) is 17.5 Å². The standard InChI is InChI=1S/C18H21N5O/c1-14-12-17(22-10-8-21(13-24)9-11-22)20-18(19-14)23-7-6-15-4-2-3-5-16(15)23/h2-5,12-13H,6-11H2,1H3. The number of aryl methyl sites for hydroxylation is 1. The van der Waals surface area contributed by atoms with Crippen molar-refractivity contribution in [2.45, 2.75) is 13.3 Å². The van der Waals surface area contributed by atoms with E-state index in [1.165, 1.54) is 11.3 Å². The quantitative estimate of drug-likeness (QED) is 0.806. The summed E-state index contributed by atoms with van der Waals surface area (Å²) in [5.41, 5.74) is 3.53. The Hall–Kier alpha value is -2.63. The highest BCUT2D eigenvalue weighted by Gasteiger charge is 2.24. The number of nitrogens with zero attached hydrogens (tertiary/aromatic N) is 5. The number of aromatic nitrogens is 2. The Kier molecular flexibility index (Phi) is 3.80. The summed E-state index contributed by atoms with van der Waals surface area (Å²) >= 11 is 0. The molecule has 0 unspecified atom stereocenters. The number of benzene rings is 1. The van der Waals surface area contributed by atoms with E-state index in [1.54, 1.807) is 0 Å². The first-order chi connectivity index (χ1) is 11.7. The molecule has 0 radical (unpaired) electrons. The van der Waals surface area contributed by atoms with E-state index in [1.807, 2.05) is 17.9 Å². The molecule has 6 heteroatoms. The smallest absolute Gasteiger partial charge is 0.232 e. The average Bonchev–Trinajstić information content (AvgIpc) is 3.05. The molecular weight excluding hydrogens is 302 g/mol. The molecule has 0 saturated carbocycles. The zero-order valence-corrected chi connectivity index (χ0v) is 13.9. The second-order valence-corrected chi connectivity index (χ2v) is 6.33. The molecule has 0 bridgehead atoms. The van der Waals surface area contributed by atoms with E-state index >= 15 is 0 Å². The van der Waals surface area contributed by atoms with Crippen LogP contribution < -0.4 is 9.80 Å². The van der Waals surface area contributed by atoms with Crippen molar-refractivity contribution in [2.24, 2.45) is 0 Å². The minimum Gasteiger partial charge on any atom is -0.353 e. The van der Waals surface area contributed by atoms with Crippen LogP contribution in [0.2, 0.25) is 0 Å². The number of rotatable bonds is 3. The van der Waals surface area contributed by atoms with Crippen LogP contribution in [-0.2, 0) is 11.2 Å². The second kappa shape index (κ2) is 6.11. The highest BCUT2D eigenvalue weighted by molar-refractivity contribution is 5.66. The molecule has 1 aromatic carbocycles. The summed E-state index contributed by atoms with van der Waals surface area (Å²) in [6.07, 6.45) is 1.95. The van der Waals surface area contributed by atoms with Gasteiger partial charge < -0.3 is 14.7 Å². The number of anilines is 3. The third-order valence-electron chi connectivity index (χ3n) is 4.74. The van der Waals surface area contributed by atoms with Crippen molar-refractivity contribution in [3.8, 4) is 0 Å². The molecule has 3 heterocycles. The predicted molar refractivity (Wildman–Crippen MR) is 93.8 cm³/mol. The summed E-state index contributed by atoms with van der Waals surface area (Å²) in [4.78, 5) is 26.6. The van der Waals surface area contributed by atoms with Crippen LogP contribution in [0.1, 0.15) is 11.3 Å². The van der Waals surface area contributed by atoms with Gasteiger partial charge in [0.2, 0.25) is 12.4 Å². The van der Waals surface area contributed by atoms with E-state index in [-0.39, 0.29) is 0 Å². The van der Waals surface area contributed by atoms with E-state index in [4.69, 9.17) is 4.98 Å². The molecule has 24 heavy (non-hydrogen) atoms. The number of para-hydroxylation sites is 1. The van der Waals surface area contributed by atoms with Gasteiger partial charge in [-0.15, -0.1) is 0 Å². The van der Waals surface area contributed by atoms with Crippen molar-refractivity contribution in [2.75, 3.05) is 42.5 Å². The van der Waals surface area contributed by atoms with Gasteiger partial charge in [-0.2, -0.15) is 4.98 Å². The number of hydrogen-bond donors (Lipinski definition) is 0. The van der Waals surface area contributed by atoms with Crippen LogP contribution in [0.5, 0.6) is 0 Å². The number of fused-ring (bicyclic) bond motifs is 1. The van der Waals surface area contributed by atoms with Crippen molar-refractivity contribution in [3.63, 3.8) is 0 Å². The third-order valence-corrected chi connectivity index (χ3v) is 4.74. The van der Waals surface area contributed by atoms with E-state index < -0.39 is 0 Å². The molecule has 1 fully saturated rings. The van der Waals surface area contributed by atoms with E-state index in [9.17, 15) is 4.79 Å².